The Bertz CT molecular complexity index is 587. The topological polar surface area (TPSA) is 30.0 Å². The molecule has 0 saturated carbocycles. The molecular weight excluding hydrogens is 304 g/mol. The molecule has 0 bridgehead atoms. The predicted molar refractivity (Wildman–Crippen MR) is 66.3 cm³/mol. The summed E-state index contributed by atoms with van der Waals surface area (Å²) in [5.41, 5.74) is 0.900. The summed E-state index contributed by atoms with van der Waals surface area (Å²) in [4.78, 5) is 15.8. The van der Waals surface area contributed by atoms with Crippen LogP contribution >= 0.6 is 15.9 Å². The Hall–Kier alpha value is -1.62. The summed E-state index contributed by atoms with van der Waals surface area (Å²) in [6, 6.07) is 5.61. The molecule has 2 aromatic rings. The molecule has 0 spiro atoms. The highest BCUT2D eigenvalue weighted by atomic mass is 79.9. The second-order valence-electron chi connectivity index (χ2n) is 3.68. The molecule has 0 radical (unpaired) electrons. The number of hydrogen-bond acceptors (Lipinski definition) is 2. The van der Waals surface area contributed by atoms with Crippen molar-refractivity contribution >= 4 is 21.7 Å². The standard InChI is InChI=1S/C13H8BrF2NO/c14-12-9(1-2-10(15)13(12)16)11(18)7-8-3-5-17-6-4-8/h1-6H,7H2. The molecule has 0 aliphatic rings. The number of pyridine rings is 1. The van der Waals surface area contributed by atoms with Gasteiger partial charge in [-0.15, -0.1) is 0 Å². The maximum Gasteiger partial charge on any atom is 0.173 e. The number of nitrogens with zero attached hydrogens (tertiary/aromatic N) is 1. The van der Waals surface area contributed by atoms with Gasteiger partial charge in [-0.25, -0.2) is 8.78 Å². The summed E-state index contributed by atoms with van der Waals surface area (Å²) >= 11 is 2.90. The first-order valence-electron chi connectivity index (χ1n) is 5.15. The number of Topliss-reactive ketones (excluding diaryl/α,β-unsaturated/α-hetero) is 1. The van der Waals surface area contributed by atoms with Gasteiger partial charge in [-0.05, 0) is 45.8 Å². The molecule has 2 nitrogen and oxygen atoms in total. The van der Waals surface area contributed by atoms with Crippen LogP contribution in [0.4, 0.5) is 8.78 Å². The molecule has 0 saturated heterocycles. The van der Waals surface area contributed by atoms with Crippen molar-refractivity contribution in [1.82, 2.24) is 4.98 Å². The minimum atomic E-state index is -1.05. The summed E-state index contributed by atoms with van der Waals surface area (Å²) in [7, 11) is 0. The zero-order valence-electron chi connectivity index (χ0n) is 9.16. The fraction of sp³-hybridized carbons (Fsp3) is 0.0769. The van der Waals surface area contributed by atoms with Gasteiger partial charge in [0.05, 0.1) is 4.47 Å². The van der Waals surface area contributed by atoms with Crippen molar-refractivity contribution in [2.24, 2.45) is 0 Å². The molecule has 0 amide bonds. The van der Waals surface area contributed by atoms with Crippen LogP contribution in [0.5, 0.6) is 0 Å². The zero-order valence-corrected chi connectivity index (χ0v) is 10.7. The lowest BCUT2D eigenvalue weighted by atomic mass is 10.0. The normalized spacial score (nSPS) is 10.4. The van der Waals surface area contributed by atoms with Crippen molar-refractivity contribution in [1.29, 1.82) is 0 Å². The third-order valence-corrected chi connectivity index (χ3v) is 3.22. The molecular formula is C13H8BrF2NO. The minimum Gasteiger partial charge on any atom is -0.294 e. The van der Waals surface area contributed by atoms with Crippen LogP contribution in [-0.4, -0.2) is 10.8 Å². The molecule has 18 heavy (non-hydrogen) atoms. The number of halogens is 3. The fourth-order valence-electron chi connectivity index (χ4n) is 1.52. The lowest BCUT2D eigenvalue weighted by Crippen LogP contribution is -2.06. The van der Waals surface area contributed by atoms with Gasteiger partial charge in [0, 0.05) is 24.4 Å². The predicted octanol–water partition coefficient (Wildman–Crippen LogP) is 3.55. The van der Waals surface area contributed by atoms with Gasteiger partial charge in [-0.2, -0.15) is 0 Å². The van der Waals surface area contributed by atoms with Crippen molar-refractivity contribution in [2.45, 2.75) is 6.42 Å². The van der Waals surface area contributed by atoms with E-state index in [0.29, 0.717) is 0 Å². The number of carbonyl (C=O) groups is 1. The van der Waals surface area contributed by atoms with Crippen LogP contribution in [0.2, 0.25) is 0 Å². The monoisotopic (exact) mass is 311 g/mol. The van der Waals surface area contributed by atoms with Gasteiger partial charge in [0.25, 0.3) is 0 Å². The van der Waals surface area contributed by atoms with Crippen LogP contribution < -0.4 is 0 Å². The van der Waals surface area contributed by atoms with Gasteiger partial charge in [0.1, 0.15) is 0 Å². The van der Waals surface area contributed by atoms with Crippen molar-refractivity contribution in [3.8, 4) is 0 Å². The second kappa shape index (κ2) is 5.35. The van der Waals surface area contributed by atoms with E-state index in [2.05, 4.69) is 20.9 Å². The Morgan fingerprint density at radius 1 is 1.17 bits per heavy atom. The molecule has 0 aliphatic heterocycles. The van der Waals surface area contributed by atoms with Gasteiger partial charge >= 0.3 is 0 Å². The van der Waals surface area contributed by atoms with Crippen LogP contribution in [0.1, 0.15) is 15.9 Å². The number of rotatable bonds is 3. The molecule has 0 unspecified atom stereocenters. The first kappa shape index (κ1) is 12.8. The van der Waals surface area contributed by atoms with E-state index in [9.17, 15) is 13.6 Å². The third-order valence-electron chi connectivity index (χ3n) is 2.45. The van der Waals surface area contributed by atoms with E-state index >= 15 is 0 Å². The van der Waals surface area contributed by atoms with E-state index in [-0.39, 0.29) is 22.2 Å². The van der Waals surface area contributed by atoms with E-state index in [1.54, 1.807) is 24.5 Å². The Balaban J connectivity index is 2.28. The van der Waals surface area contributed by atoms with Crippen LogP contribution in [0.15, 0.2) is 41.1 Å². The van der Waals surface area contributed by atoms with Crippen LogP contribution in [0, 0.1) is 11.6 Å². The van der Waals surface area contributed by atoms with Crippen LogP contribution in [0.3, 0.4) is 0 Å². The first-order chi connectivity index (χ1) is 8.59. The largest absolute Gasteiger partial charge is 0.294 e. The third kappa shape index (κ3) is 2.61. The SMILES string of the molecule is O=C(Cc1ccncc1)c1ccc(F)c(F)c1Br. The van der Waals surface area contributed by atoms with Crippen molar-refractivity contribution in [3.05, 3.63) is 63.9 Å². The highest BCUT2D eigenvalue weighted by Gasteiger charge is 2.16. The summed E-state index contributed by atoms with van der Waals surface area (Å²) in [6.07, 6.45) is 3.26. The molecule has 0 fully saturated rings. The van der Waals surface area contributed by atoms with Gasteiger partial charge in [0.15, 0.2) is 17.4 Å². The molecule has 92 valence electrons. The average molecular weight is 312 g/mol. The Morgan fingerprint density at radius 2 is 1.83 bits per heavy atom. The van der Waals surface area contributed by atoms with E-state index < -0.39 is 11.6 Å². The maximum atomic E-state index is 13.3. The Morgan fingerprint density at radius 3 is 2.50 bits per heavy atom. The second-order valence-corrected chi connectivity index (χ2v) is 4.47. The summed E-state index contributed by atoms with van der Waals surface area (Å²) in [5.74, 6) is -2.31. The summed E-state index contributed by atoms with van der Waals surface area (Å²) < 4.78 is 26.1. The maximum absolute atomic E-state index is 13.3. The Labute approximate surface area is 111 Å². The number of benzene rings is 1. The quantitative estimate of drug-likeness (QED) is 0.641. The van der Waals surface area contributed by atoms with Crippen molar-refractivity contribution in [2.75, 3.05) is 0 Å². The number of aromatic nitrogens is 1. The highest BCUT2D eigenvalue weighted by Crippen LogP contribution is 2.24. The minimum absolute atomic E-state index is 0.117. The number of ketones is 1. The number of hydrogen-bond donors (Lipinski definition) is 0. The molecule has 1 aromatic heterocycles. The van der Waals surface area contributed by atoms with Crippen molar-refractivity contribution < 1.29 is 13.6 Å². The van der Waals surface area contributed by atoms with E-state index in [0.717, 1.165) is 11.6 Å². The van der Waals surface area contributed by atoms with Gasteiger partial charge in [-0.3, -0.25) is 9.78 Å². The van der Waals surface area contributed by atoms with Gasteiger partial charge < -0.3 is 0 Å². The zero-order chi connectivity index (χ0) is 13.1. The molecule has 2 rings (SSSR count). The molecule has 0 aliphatic carbocycles. The summed E-state index contributed by atoms with van der Waals surface area (Å²) in [5, 5.41) is 0. The summed E-state index contributed by atoms with van der Waals surface area (Å²) in [6.45, 7) is 0. The molecule has 1 heterocycles. The molecule has 1 aromatic carbocycles. The molecule has 0 atom stereocenters. The number of carbonyl (C=O) groups excluding carboxylic acids is 1. The van der Waals surface area contributed by atoms with E-state index in [4.69, 9.17) is 0 Å². The average Bonchev–Trinajstić information content (AvgIpc) is 2.37. The van der Waals surface area contributed by atoms with Gasteiger partial charge in [-0.1, -0.05) is 0 Å². The Kier molecular flexibility index (Phi) is 3.81. The molecule has 5 heteroatoms. The van der Waals surface area contributed by atoms with Crippen LogP contribution in [-0.2, 0) is 6.42 Å². The van der Waals surface area contributed by atoms with Gasteiger partial charge in [0.2, 0.25) is 0 Å². The van der Waals surface area contributed by atoms with E-state index in [1.807, 2.05) is 0 Å². The highest BCUT2D eigenvalue weighted by molar-refractivity contribution is 9.10. The lowest BCUT2D eigenvalue weighted by molar-refractivity contribution is 0.0991. The smallest absolute Gasteiger partial charge is 0.173 e. The lowest BCUT2D eigenvalue weighted by Gasteiger charge is -2.05. The molecule has 0 N–H and O–H groups in total. The van der Waals surface area contributed by atoms with Crippen LogP contribution in [0.25, 0.3) is 0 Å². The van der Waals surface area contributed by atoms with Crippen molar-refractivity contribution in [3.63, 3.8) is 0 Å². The fourth-order valence-corrected chi connectivity index (χ4v) is 2.07. The van der Waals surface area contributed by atoms with E-state index in [1.165, 1.54) is 6.07 Å². The first-order valence-corrected chi connectivity index (χ1v) is 5.94.